The predicted octanol–water partition coefficient (Wildman–Crippen LogP) is 2.82. The molecule has 0 aliphatic heterocycles. The maximum absolute atomic E-state index is 6.09. The normalized spacial score (nSPS) is 12.2. The summed E-state index contributed by atoms with van der Waals surface area (Å²) in [4.78, 5) is 0. The van der Waals surface area contributed by atoms with Crippen LogP contribution < -0.4 is 5.73 Å². The van der Waals surface area contributed by atoms with Crippen molar-refractivity contribution in [1.29, 1.82) is 0 Å². The Morgan fingerprint density at radius 1 is 1.21 bits per heavy atom. The molecule has 2 nitrogen and oxygen atoms in total. The Labute approximate surface area is 84.3 Å². The molecule has 2 rings (SSSR count). The molecule has 0 aliphatic rings. The minimum atomic E-state index is 0.107. The van der Waals surface area contributed by atoms with Crippen LogP contribution in [0, 0.1) is 0 Å². The first-order chi connectivity index (χ1) is 6.50. The van der Waals surface area contributed by atoms with Gasteiger partial charge >= 0.3 is 0 Å². The summed E-state index contributed by atoms with van der Waals surface area (Å²) in [5, 5.41) is 0. The lowest BCUT2D eigenvalue weighted by Gasteiger charge is -2.17. The van der Waals surface area contributed by atoms with Crippen molar-refractivity contribution in [3.05, 3.63) is 36.0 Å². The van der Waals surface area contributed by atoms with E-state index in [1.165, 1.54) is 5.56 Å². The zero-order chi connectivity index (χ0) is 10.3. The highest BCUT2D eigenvalue weighted by molar-refractivity contribution is 5.63. The fourth-order valence-corrected chi connectivity index (χ4v) is 1.75. The number of anilines is 1. The van der Waals surface area contributed by atoms with Gasteiger partial charge < -0.3 is 10.1 Å². The first-order valence-corrected chi connectivity index (χ1v) is 4.86. The molecule has 2 heteroatoms. The van der Waals surface area contributed by atoms with Gasteiger partial charge in [-0.25, -0.2) is 0 Å². The molecule has 0 unspecified atom stereocenters. The second-order valence-corrected chi connectivity index (χ2v) is 4.69. The van der Waals surface area contributed by atoms with Crippen LogP contribution in [0.25, 0.3) is 5.52 Å². The van der Waals surface area contributed by atoms with E-state index in [0.717, 1.165) is 11.3 Å². The summed E-state index contributed by atoms with van der Waals surface area (Å²) < 4.78 is 2.03. The van der Waals surface area contributed by atoms with E-state index in [2.05, 4.69) is 32.9 Å². The van der Waals surface area contributed by atoms with E-state index in [4.69, 9.17) is 5.73 Å². The number of aromatic nitrogens is 1. The summed E-state index contributed by atoms with van der Waals surface area (Å²) in [5.41, 5.74) is 8.57. The van der Waals surface area contributed by atoms with Gasteiger partial charge in [-0.05, 0) is 23.6 Å². The third-order valence-corrected chi connectivity index (χ3v) is 2.53. The molecule has 0 aromatic carbocycles. The van der Waals surface area contributed by atoms with Gasteiger partial charge in [0.15, 0.2) is 0 Å². The van der Waals surface area contributed by atoms with E-state index in [0.29, 0.717) is 0 Å². The molecule has 2 aromatic heterocycles. The summed E-state index contributed by atoms with van der Waals surface area (Å²) >= 11 is 0. The maximum atomic E-state index is 6.09. The Bertz CT molecular complexity index is 461. The fraction of sp³-hybridized carbons (Fsp3) is 0.333. The van der Waals surface area contributed by atoms with E-state index < -0.39 is 0 Å². The molecular weight excluding hydrogens is 172 g/mol. The number of hydrogen-bond acceptors (Lipinski definition) is 1. The van der Waals surface area contributed by atoms with Crippen LogP contribution in [0.2, 0.25) is 0 Å². The quantitative estimate of drug-likeness (QED) is 0.677. The first kappa shape index (κ1) is 9.13. The van der Waals surface area contributed by atoms with Crippen LogP contribution in [-0.2, 0) is 5.41 Å². The van der Waals surface area contributed by atoms with Crippen LogP contribution in [-0.4, -0.2) is 4.40 Å². The molecule has 0 radical (unpaired) electrons. The third-order valence-electron chi connectivity index (χ3n) is 2.53. The highest BCUT2D eigenvalue weighted by atomic mass is 15.0. The zero-order valence-electron chi connectivity index (χ0n) is 8.91. The maximum Gasteiger partial charge on any atom is 0.111 e. The average molecular weight is 188 g/mol. The number of nitrogens with two attached hydrogens (primary N) is 1. The summed E-state index contributed by atoms with van der Waals surface area (Å²) in [5.74, 6) is 0.855. The molecule has 0 amide bonds. The minimum Gasteiger partial charge on any atom is -0.385 e. The van der Waals surface area contributed by atoms with Crippen molar-refractivity contribution >= 4 is 11.3 Å². The van der Waals surface area contributed by atoms with E-state index in [1.54, 1.807) is 0 Å². The van der Waals surface area contributed by atoms with E-state index >= 15 is 0 Å². The second-order valence-electron chi connectivity index (χ2n) is 4.69. The number of rotatable bonds is 0. The first-order valence-electron chi connectivity index (χ1n) is 4.86. The minimum absolute atomic E-state index is 0.107. The Balaban J connectivity index is 2.75. The van der Waals surface area contributed by atoms with Crippen molar-refractivity contribution in [2.24, 2.45) is 0 Å². The van der Waals surface area contributed by atoms with Crippen molar-refractivity contribution in [2.75, 3.05) is 5.73 Å². The summed E-state index contributed by atoms with van der Waals surface area (Å²) in [6, 6.07) is 8.26. The molecule has 0 fully saturated rings. The summed E-state index contributed by atoms with van der Waals surface area (Å²) in [7, 11) is 0. The molecule has 14 heavy (non-hydrogen) atoms. The Morgan fingerprint density at radius 2 is 1.93 bits per heavy atom. The van der Waals surface area contributed by atoms with Gasteiger partial charge in [-0.15, -0.1) is 0 Å². The van der Waals surface area contributed by atoms with Crippen molar-refractivity contribution < 1.29 is 0 Å². The van der Waals surface area contributed by atoms with Crippen LogP contribution in [0.15, 0.2) is 30.5 Å². The van der Waals surface area contributed by atoms with Crippen LogP contribution in [0.3, 0.4) is 0 Å². The van der Waals surface area contributed by atoms with Gasteiger partial charge in [0, 0.05) is 17.3 Å². The Hall–Kier alpha value is -1.44. The molecule has 2 aromatic rings. The van der Waals surface area contributed by atoms with Gasteiger partial charge in [-0.2, -0.15) is 0 Å². The van der Waals surface area contributed by atoms with Gasteiger partial charge in [-0.1, -0.05) is 26.8 Å². The monoisotopic (exact) mass is 188 g/mol. The average Bonchev–Trinajstić information content (AvgIpc) is 2.44. The van der Waals surface area contributed by atoms with Crippen LogP contribution >= 0.6 is 0 Å². The van der Waals surface area contributed by atoms with Crippen molar-refractivity contribution in [3.8, 4) is 0 Å². The topological polar surface area (TPSA) is 30.4 Å². The fourth-order valence-electron chi connectivity index (χ4n) is 1.75. The lowest BCUT2D eigenvalue weighted by molar-refractivity contribution is 0.593. The van der Waals surface area contributed by atoms with Crippen LogP contribution in [0.1, 0.15) is 26.3 Å². The number of nitrogen functional groups attached to an aromatic ring is 1. The molecule has 2 N–H and O–H groups in total. The van der Waals surface area contributed by atoms with Gasteiger partial charge in [0.1, 0.15) is 5.82 Å². The second kappa shape index (κ2) is 2.77. The van der Waals surface area contributed by atoms with E-state index in [1.807, 2.05) is 22.7 Å². The predicted molar refractivity (Wildman–Crippen MR) is 60.5 cm³/mol. The van der Waals surface area contributed by atoms with Crippen LogP contribution in [0.5, 0.6) is 0 Å². The highest BCUT2D eigenvalue weighted by Gasteiger charge is 2.19. The van der Waals surface area contributed by atoms with Gasteiger partial charge in [0.05, 0.1) is 0 Å². The van der Waals surface area contributed by atoms with Gasteiger partial charge in [0.2, 0.25) is 0 Å². The Morgan fingerprint density at radius 3 is 2.50 bits per heavy atom. The van der Waals surface area contributed by atoms with E-state index in [9.17, 15) is 0 Å². The summed E-state index contributed by atoms with van der Waals surface area (Å²) in [6.45, 7) is 6.54. The van der Waals surface area contributed by atoms with Crippen molar-refractivity contribution in [2.45, 2.75) is 26.2 Å². The van der Waals surface area contributed by atoms with Crippen molar-refractivity contribution in [1.82, 2.24) is 4.40 Å². The smallest absolute Gasteiger partial charge is 0.111 e. The number of pyridine rings is 1. The molecular formula is C12H16N2. The summed E-state index contributed by atoms with van der Waals surface area (Å²) in [6.07, 6.45) is 2.00. The molecule has 74 valence electrons. The molecule has 0 aliphatic carbocycles. The Kier molecular flexibility index (Phi) is 1.81. The molecule has 0 spiro atoms. The third kappa shape index (κ3) is 1.27. The molecule has 0 atom stereocenters. The van der Waals surface area contributed by atoms with Crippen LogP contribution in [0.4, 0.5) is 5.82 Å². The van der Waals surface area contributed by atoms with Gasteiger partial charge in [0.25, 0.3) is 0 Å². The molecule has 0 saturated carbocycles. The van der Waals surface area contributed by atoms with Crippen molar-refractivity contribution in [3.63, 3.8) is 0 Å². The number of fused-ring (bicyclic) bond motifs is 1. The lowest BCUT2D eigenvalue weighted by atomic mass is 9.88. The standard InChI is InChI=1S/C12H16N2/c1-12(2,3)10-8-9-6-4-5-7-14(9)11(10)13/h4-8H,13H2,1-3H3. The molecule has 0 saturated heterocycles. The largest absolute Gasteiger partial charge is 0.385 e. The molecule has 0 bridgehead atoms. The SMILES string of the molecule is CC(C)(C)c1cc2ccccn2c1N. The number of hydrogen-bond donors (Lipinski definition) is 1. The van der Waals surface area contributed by atoms with Gasteiger partial charge in [-0.3, -0.25) is 0 Å². The zero-order valence-corrected chi connectivity index (χ0v) is 8.91. The highest BCUT2D eigenvalue weighted by Crippen LogP contribution is 2.30. The number of nitrogens with zero attached hydrogens (tertiary/aromatic N) is 1. The lowest BCUT2D eigenvalue weighted by Crippen LogP contribution is -2.12. The van der Waals surface area contributed by atoms with E-state index in [-0.39, 0.29) is 5.41 Å². The molecule has 2 heterocycles.